The zero-order valence-electron chi connectivity index (χ0n) is 9.27. The summed E-state index contributed by atoms with van der Waals surface area (Å²) < 4.78 is 0. The minimum absolute atomic E-state index is 0.219. The van der Waals surface area contributed by atoms with Crippen LogP contribution in [0.5, 0.6) is 0 Å². The van der Waals surface area contributed by atoms with Crippen LogP contribution in [0.1, 0.15) is 34.1 Å². The highest BCUT2D eigenvalue weighted by Crippen LogP contribution is 2.05. The molecule has 0 spiro atoms. The second-order valence-corrected chi connectivity index (χ2v) is 3.29. The van der Waals surface area contributed by atoms with Crippen molar-refractivity contribution in [1.82, 2.24) is 5.32 Å². The van der Waals surface area contributed by atoms with E-state index < -0.39 is 0 Å². The van der Waals surface area contributed by atoms with E-state index in [0.717, 1.165) is 6.42 Å². The number of carbonyl (C=O) groups excluding carboxylic acids is 2. The Morgan fingerprint density at radius 3 is 2.75 bits per heavy atom. The van der Waals surface area contributed by atoms with Gasteiger partial charge in [-0.25, -0.2) is 0 Å². The fourth-order valence-corrected chi connectivity index (χ4v) is 1.30. The van der Waals surface area contributed by atoms with Gasteiger partial charge in [-0.3, -0.25) is 9.59 Å². The maximum atomic E-state index is 11.7. The molecule has 0 aromatic heterocycles. The summed E-state index contributed by atoms with van der Waals surface area (Å²) in [7, 11) is 0. The van der Waals surface area contributed by atoms with Crippen LogP contribution in [-0.4, -0.2) is 18.7 Å². The maximum Gasteiger partial charge on any atom is 0.252 e. The van der Waals surface area contributed by atoms with Gasteiger partial charge in [0.25, 0.3) is 5.91 Å². The predicted molar refractivity (Wildman–Crippen MR) is 63.6 cm³/mol. The van der Waals surface area contributed by atoms with Gasteiger partial charge in [0.1, 0.15) is 0 Å². The number of hydrogen-bond donors (Lipinski definition) is 1. The Morgan fingerprint density at radius 2 is 2.06 bits per heavy atom. The standard InChI is InChI=1S/C13H15NO2/c1-2-3-6-9-14-13(16)12-8-5-4-7-11(12)10-15/h3-8,10H,2,9H2,1H3,(H,14,16)/b6-3+. The van der Waals surface area contributed by atoms with Gasteiger partial charge in [-0.1, -0.05) is 37.3 Å². The van der Waals surface area contributed by atoms with Crippen molar-refractivity contribution in [3.63, 3.8) is 0 Å². The number of hydrogen-bond acceptors (Lipinski definition) is 2. The van der Waals surface area contributed by atoms with E-state index >= 15 is 0 Å². The summed E-state index contributed by atoms with van der Waals surface area (Å²) in [6.07, 6.45) is 5.50. The van der Waals surface area contributed by atoms with Gasteiger partial charge >= 0.3 is 0 Å². The molecule has 16 heavy (non-hydrogen) atoms. The summed E-state index contributed by atoms with van der Waals surface area (Å²) in [5.74, 6) is -0.219. The van der Waals surface area contributed by atoms with E-state index in [2.05, 4.69) is 5.32 Å². The third-order valence-electron chi connectivity index (χ3n) is 2.12. The van der Waals surface area contributed by atoms with Crippen LogP contribution in [0.2, 0.25) is 0 Å². The van der Waals surface area contributed by atoms with E-state index in [1.807, 2.05) is 19.1 Å². The summed E-state index contributed by atoms with van der Waals surface area (Å²) in [6, 6.07) is 6.74. The molecule has 0 heterocycles. The fraction of sp³-hybridized carbons (Fsp3) is 0.231. The molecule has 1 aromatic carbocycles. The van der Waals surface area contributed by atoms with Gasteiger partial charge in [-0.15, -0.1) is 0 Å². The van der Waals surface area contributed by atoms with E-state index in [1.165, 1.54) is 0 Å². The Kier molecular flexibility index (Phi) is 4.99. The minimum atomic E-state index is -0.219. The van der Waals surface area contributed by atoms with Crippen molar-refractivity contribution in [3.05, 3.63) is 47.5 Å². The first-order valence-corrected chi connectivity index (χ1v) is 5.27. The Morgan fingerprint density at radius 1 is 1.31 bits per heavy atom. The van der Waals surface area contributed by atoms with Crippen LogP contribution in [-0.2, 0) is 0 Å². The van der Waals surface area contributed by atoms with Crippen LogP contribution in [0.4, 0.5) is 0 Å². The van der Waals surface area contributed by atoms with Crippen LogP contribution < -0.4 is 5.32 Å². The van der Waals surface area contributed by atoms with E-state index in [1.54, 1.807) is 24.3 Å². The number of rotatable bonds is 5. The smallest absolute Gasteiger partial charge is 0.252 e. The molecule has 1 N–H and O–H groups in total. The second-order valence-electron chi connectivity index (χ2n) is 3.29. The van der Waals surface area contributed by atoms with Crippen LogP contribution in [0, 0.1) is 0 Å². The SMILES string of the molecule is CC/C=C/CNC(=O)c1ccccc1C=O. The predicted octanol–water partition coefficient (Wildman–Crippen LogP) is 2.20. The molecule has 0 atom stereocenters. The van der Waals surface area contributed by atoms with Crippen molar-refractivity contribution in [3.8, 4) is 0 Å². The summed E-state index contributed by atoms with van der Waals surface area (Å²) in [5, 5.41) is 2.72. The van der Waals surface area contributed by atoms with Crippen molar-refractivity contribution in [2.24, 2.45) is 0 Å². The summed E-state index contributed by atoms with van der Waals surface area (Å²) in [4.78, 5) is 22.4. The lowest BCUT2D eigenvalue weighted by Crippen LogP contribution is -2.24. The lowest BCUT2D eigenvalue weighted by atomic mass is 10.1. The Balaban J connectivity index is 2.65. The highest BCUT2D eigenvalue weighted by molar-refractivity contribution is 6.01. The third kappa shape index (κ3) is 3.35. The molecule has 0 aliphatic carbocycles. The van der Waals surface area contributed by atoms with Crippen LogP contribution in [0.15, 0.2) is 36.4 Å². The molecule has 0 saturated carbocycles. The maximum absolute atomic E-state index is 11.7. The van der Waals surface area contributed by atoms with Gasteiger partial charge in [0, 0.05) is 17.7 Å². The van der Waals surface area contributed by atoms with Gasteiger partial charge in [-0.2, -0.15) is 0 Å². The highest BCUT2D eigenvalue weighted by atomic mass is 16.1. The summed E-state index contributed by atoms with van der Waals surface area (Å²) >= 11 is 0. The van der Waals surface area contributed by atoms with Crippen LogP contribution in [0.3, 0.4) is 0 Å². The molecule has 0 aliphatic heterocycles. The second kappa shape index (κ2) is 6.56. The molecular formula is C13H15NO2. The molecule has 1 aromatic rings. The highest BCUT2D eigenvalue weighted by Gasteiger charge is 2.08. The zero-order chi connectivity index (χ0) is 11.8. The molecule has 84 valence electrons. The first-order chi connectivity index (χ1) is 7.79. The normalized spacial score (nSPS) is 10.3. The molecule has 0 unspecified atom stereocenters. The number of nitrogens with one attached hydrogen (secondary N) is 1. The number of benzene rings is 1. The quantitative estimate of drug-likeness (QED) is 0.607. The summed E-state index contributed by atoms with van der Waals surface area (Å²) in [5.41, 5.74) is 0.835. The summed E-state index contributed by atoms with van der Waals surface area (Å²) in [6.45, 7) is 2.51. The lowest BCUT2D eigenvalue weighted by molar-refractivity contribution is 0.0952. The Bertz CT molecular complexity index is 397. The molecule has 0 bridgehead atoms. The van der Waals surface area contributed by atoms with Gasteiger partial charge < -0.3 is 5.32 Å². The van der Waals surface area contributed by atoms with Gasteiger partial charge in [-0.05, 0) is 12.5 Å². The molecule has 1 amide bonds. The van der Waals surface area contributed by atoms with E-state index in [4.69, 9.17) is 0 Å². The molecule has 0 aliphatic rings. The lowest BCUT2D eigenvalue weighted by Gasteiger charge is -2.04. The largest absolute Gasteiger partial charge is 0.349 e. The molecule has 1 rings (SSSR count). The number of carbonyl (C=O) groups is 2. The zero-order valence-corrected chi connectivity index (χ0v) is 9.27. The average molecular weight is 217 g/mol. The molecule has 0 saturated heterocycles. The van der Waals surface area contributed by atoms with Gasteiger partial charge in [0.05, 0.1) is 0 Å². The van der Waals surface area contributed by atoms with Crippen molar-refractivity contribution in [2.75, 3.05) is 6.54 Å². The number of amides is 1. The molecule has 0 radical (unpaired) electrons. The first-order valence-electron chi connectivity index (χ1n) is 5.27. The van der Waals surface area contributed by atoms with Gasteiger partial charge in [0.2, 0.25) is 0 Å². The monoisotopic (exact) mass is 217 g/mol. The molecular weight excluding hydrogens is 202 g/mol. The number of aldehydes is 1. The van der Waals surface area contributed by atoms with Crippen molar-refractivity contribution >= 4 is 12.2 Å². The molecule has 3 nitrogen and oxygen atoms in total. The molecule has 3 heteroatoms. The van der Waals surface area contributed by atoms with Crippen LogP contribution >= 0.6 is 0 Å². The van der Waals surface area contributed by atoms with E-state index in [9.17, 15) is 9.59 Å². The average Bonchev–Trinajstić information content (AvgIpc) is 2.34. The first kappa shape index (κ1) is 12.2. The minimum Gasteiger partial charge on any atom is -0.349 e. The Hall–Kier alpha value is -1.90. The third-order valence-corrected chi connectivity index (χ3v) is 2.12. The van der Waals surface area contributed by atoms with E-state index in [0.29, 0.717) is 24.0 Å². The fourth-order valence-electron chi connectivity index (χ4n) is 1.30. The van der Waals surface area contributed by atoms with Crippen molar-refractivity contribution in [1.29, 1.82) is 0 Å². The number of allylic oxidation sites excluding steroid dienone is 1. The Labute approximate surface area is 95.2 Å². The van der Waals surface area contributed by atoms with E-state index in [-0.39, 0.29) is 5.91 Å². The van der Waals surface area contributed by atoms with Crippen LogP contribution in [0.25, 0.3) is 0 Å². The topological polar surface area (TPSA) is 46.2 Å². The molecule has 0 fully saturated rings. The van der Waals surface area contributed by atoms with Gasteiger partial charge in [0.15, 0.2) is 6.29 Å². The van der Waals surface area contributed by atoms with Crippen molar-refractivity contribution < 1.29 is 9.59 Å². The van der Waals surface area contributed by atoms with Crippen molar-refractivity contribution in [2.45, 2.75) is 13.3 Å².